The summed E-state index contributed by atoms with van der Waals surface area (Å²) >= 11 is 0. The molecule has 142 valence electrons. The van der Waals surface area contributed by atoms with Gasteiger partial charge >= 0.3 is 5.97 Å². The van der Waals surface area contributed by atoms with Gasteiger partial charge in [0.25, 0.3) is 0 Å². The van der Waals surface area contributed by atoms with Crippen molar-refractivity contribution < 1.29 is 19.5 Å². The van der Waals surface area contributed by atoms with Crippen LogP contribution in [0.25, 0.3) is 0 Å². The summed E-state index contributed by atoms with van der Waals surface area (Å²) in [5.74, 6) is -0.179. The minimum atomic E-state index is -0.899. The molecule has 1 unspecified atom stereocenters. The number of hydroxylamine groups is 2. The molecule has 2 N–H and O–H groups in total. The molecule has 6 nitrogen and oxygen atoms in total. The molecule has 1 saturated heterocycles. The van der Waals surface area contributed by atoms with Crippen LogP contribution in [-0.4, -0.2) is 48.8 Å². The lowest BCUT2D eigenvalue weighted by molar-refractivity contribution is -0.149. The fourth-order valence-corrected chi connectivity index (χ4v) is 4.11. The molecular formula is C20H28N2O4. The van der Waals surface area contributed by atoms with Crippen molar-refractivity contribution in [2.45, 2.75) is 44.4 Å². The van der Waals surface area contributed by atoms with Crippen molar-refractivity contribution in [3.63, 3.8) is 0 Å². The molecule has 3 rings (SSSR count). The Labute approximate surface area is 154 Å². The van der Waals surface area contributed by atoms with Gasteiger partial charge in [0.2, 0.25) is 5.91 Å². The summed E-state index contributed by atoms with van der Waals surface area (Å²) < 4.78 is 0. The van der Waals surface area contributed by atoms with E-state index in [2.05, 4.69) is 5.32 Å². The van der Waals surface area contributed by atoms with E-state index >= 15 is 0 Å². The first-order chi connectivity index (χ1) is 12.6. The maximum Gasteiger partial charge on any atom is 0.335 e. The highest BCUT2D eigenvalue weighted by molar-refractivity contribution is 5.88. The minimum Gasteiger partial charge on any atom is -0.478 e. The second-order valence-electron chi connectivity index (χ2n) is 7.37. The van der Waals surface area contributed by atoms with E-state index in [-0.39, 0.29) is 11.8 Å². The molecule has 2 aliphatic rings. The van der Waals surface area contributed by atoms with Gasteiger partial charge in [0.05, 0.1) is 12.7 Å². The highest BCUT2D eigenvalue weighted by Crippen LogP contribution is 2.32. The van der Waals surface area contributed by atoms with Gasteiger partial charge in [-0.15, -0.1) is 0 Å². The number of aromatic carboxylic acids is 1. The summed E-state index contributed by atoms with van der Waals surface area (Å²) in [5.41, 5.74) is 2.63. The standard InChI is InChI=1S/C20H28N2O4/c1-26-22-9-7-14(8-10-22)11-19(23)21-13-17-4-2-3-15-5-6-16(20(24)25)12-18(15)17/h5-6,12,14,17H,2-4,7-11,13H2,1H3,(H,21,23)(H,24,25). The third kappa shape index (κ3) is 4.62. The van der Waals surface area contributed by atoms with Crippen molar-refractivity contribution in [1.82, 2.24) is 10.4 Å². The van der Waals surface area contributed by atoms with Gasteiger partial charge in [0.15, 0.2) is 0 Å². The van der Waals surface area contributed by atoms with Crippen molar-refractivity contribution in [3.05, 3.63) is 34.9 Å². The van der Waals surface area contributed by atoms with Gasteiger partial charge in [0.1, 0.15) is 0 Å². The zero-order valence-corrected chi connectivity index (χ0v) is 15.4. The van der Waals surface area contributed by atoms with E-state index in [1.54, 1.807) is 19.2 Å². The molecule has 0 radical (unpaired) electrons. The molecule has 1 fully saturated rings. The van der Waals surface area contributed by atoms with E-state index in [1.165, 1.54) is 5.56 Å². The molecule has 1 heterocycles. The Morgan fingerprint density at radius 2 is 2.04 bits per heavy atom. The SMILES string of the molecule is CON1CCC(CC(=O)NCC2CCCc3ccc(C(=O)O)cc32)CC1. The number of piperidine rings is 1. The van der Waals surface area contributed by atoms with Crippen LogP contribution in [0.4, 0.5) is 0 Å². The van der Waals surface area contributed by atoms with Crippen molar-refractivity contribution in [2.24, 2.45) is 5.92 Å². The zero-order chi connectivity index (χ0) is 18.5. The van der Waals surface area contributed by atoms with Crippen LogP contribution < -0.4 is 5.32 Å². The number of carbonyl (C=O) groups excluding carboxylic acids is 1. The summed E-state index contributed by atoms with van der Waals surface area (Å²) in [6.45, 7) is 2.34. The summed E-state index contributed by atoms with van der Waals surface area (Å²) in [7, 11) is 1.69. The lowest BCUT2D eigenvalue weighted by atomic mass is 9.82. The van der Waals surface area contributed by atoms with Crippen LogP contribution in [0.3, 0.4) is 0 Å². The third-order valence-corrected chi connectivity index (χ3v) is 5.68. The summed E-state index contributed by atoms with van der Waals surface area (Å²) in [6, 6.07) is 5.39. The first kappa shape index (κ1) is 18.9. The lowest BCUT2D eigenvalue weighted by Gasteiger charge is -2.30. The number of carbonyl (C=O) groups is 2. The zero-order valence-electron chi connectivity index (χ0n) is 15.4. The van der Waals surface area contributed by atoms with Gasteiger partial charge in [-0.1, -0.05) is 6.07 Å². The Hall–Kier alpha value is -1.92. The molecule has 1 aromatic carbocycles. The van der Waals surface area contributed by atoms with Gasteiger partial charge in [-0.05, 0) is 61.3 Å². The Kier molecular flexibility index (Phi) is 6.27. The van der Waals surface area contributed by atoms with Gasteiger partial charge in [0, 0.05) is 32.0 Å². The Balaban J connectivity index is 1.53. The van der Waals surface area contributed by atoms with Crippen LogP contribution in [0.5, 0.6) is 0 Å². The van der Waals surface area contributed by atoms with E-state index < -0.39 is 5.97 Å². The smallest absolute Gasteiger partial charge is 0.335 e. The quantitative estimate of drug-likeness (QED) is 0.815. The molecule has 0 bridgehead atoms. The van der Waals surface area contributed by atoms with Crippen molar-refractivity contribution in [1.29, 1.82) is 0 Å². The Morgan fingerprint density at radius 1 is 1.27 bits per heavy atom. The van der Waals surface area contributed by atoms with E-state index in [0.29, 0.717) is 24.4 Å². The Bertz CT molecular complexity index is 653. The van der Waals surface area contributed by atoms with Crippen molar-refractivity contribution >= 4 is 11.9 Å². The molecule has 1 atom stereocenters. The highest BCUT2D eigenvalue weighted by atomic mass is 16.7. The van der Waals surface area contributed by atoms with E-state index in [4.69, 9.17) is 4.84 Å². The molecule has 1 amide bonds. The molecule has 0 aromatic heterocycles. The number of hydrogen-bond donors (Lipinski definition) is 2. The number of aryl methyl sites for hydroxylation is 1. The van der Waals surface area contributed by atoms with E-state index in [9.17, 15) is 14.7 Å². The number of rotatable bonds is 6. The van der Waals surface area contributed by atoms with E-state index in [0.717, 1.165) is 50.8 Å². The predicted octanol–water partition coefficient (Wildman–Crippen LogP) is 2.58. The fraction of sp³-hybridized carbons (Fsp3) is 0.600. The first-order valence-electron chi connectivity index (χ1n) is 9.48. The van der Waals surface area contributed by atoms with Crippen LogP contribution in [0.2, 0.25) is 0 Å². The van der Waals surface area contributed by atoms with Crippen LogP contribution in [0, 0.1) is 5.92 Å². The van der Waals surface area contributed by atoms with Crippen LogP contribution >= 0.6 is 0 Å². The molecule has 0 saturated carbocycles. The number of nitrogens with one attached hydrogen (secondary N) is 1. The summed E-state index contributed by atoms with van der Waals surface area (Å²) in [4.78, 5) is 28.8. The maximum absolute atomic E-state index is 12.3. The molecule has 0 spiro atoms. The number of benzene rings is 1. The molecule has 26 heavy (non-hydrogen) atoms. The van der Waals surface area contributed by atoms with Gasteiger partial charge < -0.3 is 15.3 Å². The molecular weight excluding hydrogens is 332 g/mol. The van der Waals surface area contributed by atoms with Crippen LogP contribution in [0.15, 0.2) is 18.2 Å². The second-order valence-corrected chi connectivity index (χ2v) is 7.37. The summed E-state index contributed by atoms with van der Waals surface area (Å²) in [6.07, 6.45) is 5.58. The third-order valence-electron chi connectivity index (χ3n) is 5.68. The second kappa shape index (κ2) is 8.64. The van der Waals surface area contributed by atoms with Crippen molar-refractivity contribution in [3.8, 4) is 0 Å². The average Bonchev–Trinajstić information content (AvgIpc) is 2.66. The number of hydrogen-bond acceptors (Lipinski definition) is 4. The summed E-state index contributed by atoms with van der Waals surface area (Å²) in [5, 5.41) is 14.2. The normalized spacial score (nSPS) is 21.2. The first-order valence-corrected chi connectivity index (χ1v) is 9.48. The van der Waals surface area contributed by atoms with E-state index in [1.807, 2.05) is 11.1 Å². The number of carboxylic acids is 1. The topological polar surface area (TPSA) is 78.9 Å². The average molecular weight is 360 g/mol. The molecule has 6 heteroatoms. The number of fused-ring (bicyclic) bond motifs is 1. The minimum absolute atomic E-state index is 0.0994. The molecule has 1 aromatic rings. The maximum atomic E-state index is 12.3. The van der Waals surface area contributed by atoms with Gasteiger partial charge in [-0.3, -0.25) is 4.79 Å². The largest absolute Gasteiger partial charge is 0.478 e. The van der Waals surface area contributed by atoms with Gasteiger partial charge in [-0.2, -0.15) is 5.06 Å². The van der Waals surface area contributed by atoms with Crippen LogP contribution in [0.1, 0.15) is 59.5 Å². The van der Waals surface area contributed by atoms with Crippen molar-refractivity contribution in [2.75, 3.05) is 26.7 Å². The number of nitrogens with zero attached hydrogens (tertiary/aromatic N) is 1. The number of carboxylic acid groups (broad SMARTS) is 1. The van der Waals surface area contributed by atoms with Crippen LogP contribution in [-0.2, 0) is 16.1 Å². The predicted molar refractivity (Wildman–Crippen MR) is 98.0 cm³/mol. The highest BCUT2D eigenvalue weighted by Gasteiger charge is 2.24. The number of amides is 1. The lowest BCUT2D eigenvalue weighted by Crippen LogP contribution is -2.36. The fourth-order valence-electron chi connectivity index (χ4n) is 4.11. The monoisotopic (exact) mass is 360 g/mol. The molecule has 1 aliphatic heterocycles. The Morgan fingerprint density at radius 3 is 2.73 bits per heavy atom. The molecule has 1 aliphatic carbocycles. The van der Waals surface area contributed by atoms with Gasteiger partial charge in [-0.25, -0.2) is 4.79 Å².